The number of rotatable bonds is 6. The van der Waals surface area contributed by atoms with Gasteiger partial charge in [-0.2, -0.15) is 0 Å². The lowest BCUT2D eigenvalue weighted by molar-refractivity contribution is -0.136. The first-order valence-corrected chi connectivity index (χ1v) is 9.68. The first kappa shape index (κ1) is 20.8. The number of benzene rings is 2. The van der Waals surface area contributed by atoms with Crippen LogP contribution in [0.1, 0.15) is 17.2 Å². The highest BCUT2D eigenvalue weighted by molar-refractivity contribution is 6.39. The molecule has 0 radical (unpaired) electrons. The van der Waals surface area contributed by atoms with Crippen LogP contribution in [0.3, 0.4) is 0 Å². The van der Waals surface area contributed by atoms with Gasteiger partial charge in [-0.15, -0.1) is 0 Å². The third kappa shape index (κ3) is 5.79. The van der Waals surface area contributed by atoms with Gasteiger partial charge in [-0.3, -0.25) is 14.5 Å². The van der Waals surface area contributed by atoms with Crippen molar-refractivity contribution in [2.24, 2.45) is 0 Å². The van der Waals surface area contributed by atoms with Gasteiger partial charge in [0.05, 0.1) is 26.4 Å². The van der Waals surface area contributed by atoms with E-state index in [-0.39, 0.29) is 6.04 Å². The molecule has 1 heterocycles. The van der Waals surface area contributed by atoms with Crippen molar-refractivity contribution < 1.29 is 19.1 Å². The van der Waals surface area contributed by atoms with E-state index in [0.29, 0.717) is 25.4 Å². The third-order valence-corrected chi connectivity index (χ3v) is 4.90. The molecule has 0 saturated carbocycles. The van der Waals surface area contributed by atoms with Crippen molar-refractivity contribution in [2.45, 2.75) is 13.0 Å². The quantitative estimate of drug-likeness (QED) is 0.730. The summed E-state index contributed by atoms with van der Waals surface area (Å²) >= 11 is 0. The van der Waals surface area contributed by atoms with E-state index in [4.69, 9.17) is 9.47 Å². The highest BCUT2D eigenvalue weighted by Gasteiger charge is 2.25. The molecule has 154 valence electrons. The number of carbonyl (C=O) groups excluding carboxylic acids is 2. The van der Waals surface area contributed by atoms with Gasteiger partial charge in [0.1, 0.15) is 5.75 Å². The van der Waals surface area contributed by atoms with E-state index in [1.165, 1.54) is 0 Å². The fraction of sp³-hybridized carbons (Fsp3) is 0.364. The summed E-state index contributed by atoms with van der Waals surface area (Å²) in [4.78, 5) is 26.9. The topological polar surface area (TPSA) is 79.9 Å². The van der Waals surface area contributed by atoms with Crippen LogP contribution in [0.15, 0.2) is 48.5 Å². The molecule has 0 bridgehead atoms. The Balaban J connectivity index is 1.67. The predicted octanol–water partition coefficient (Wildman–Crippen LogP) is 2.13. The second kappa shape index (κ2) is 10.0. The van der Waals surface area contributed by atoms with Gasteiger partial charge in [-0.05, 0) is 42.3 Å². The minimum atomic E-state index is -0.679. The maximum atomic E-state index is 12.4. The van der Waals surface area contributed by atoms with Gasteiger partial charge < -0.3 is 20.1 Å². The SMILES string of the molecule is COc1cccc(C(CNC(=O)C(=O)Nc2cccc(C)c2)N2CCOCC2)c1. The fourth-order valence-corrected chi connectivity index (χ4v) is 3.38. The molecule has 1 fully saturated rings. The van der Waals surface area contributed by atoms with Crippen LogP contribution in [0.4, 0.5) is 5.69 Å². The Labute approximate surface area is 171 Å². The second-order valence-electron chi connectivity index (χ2n) is 6.97. The van der Waals surface area contributed by atoms with Gasteiger partial charge in [0, 0.05) is 25.3 Å². The van der Waals surface area contributed by atoms with E-state index in [9.17, 15) is 9.59 Å². The molecular weight excluding hydrogens is 370 g/mol. The lowest BCUT2D eigenvalue weighted by atomic mass is 10.0. The van der Waals surface area contributed by atoms with Gasteiger partial charge in [0.2, 0.25) is 0 Å². The molecule has 0 spiro atoms. The van der Waals surface area contributed by atoms with Crippen molar-refractivity contribution in [1.29, 1.82) is 0 Å². The van der Waals surface area contributed by atoms with E-state index in [1.54, 1.807) is 13.2 Å². The number of anilines is 1. The monoisotopic (exact) mass is 397 g/mol. The molecule has 0 aromatic heterocycles. The van der Waals surface area contributed by atoms with Gasteiger partial charge >= 0.3 is 11.8 Å². The Kier molecular flexibility index (Phi) is 7.21. The van der Waals surface area contributed by atoms with E-state index < -0.39 is 11.8 Å². The van der Waals surface area contributed by atoms with Gasteiger partial charge in [0.25, 0.3) is 0 Å². The Morgan fingerprint density at radius 1 is 1.10 bits per heavy atom. The van der Waals surface area contributed by atoms with E-state index in [0.717, 1.165) is 30.0 Å². The summed E-state index contributed by atoms with van der Waals surface area (Å²) in [6.45, 7) is 5.04. The molecule has 3 rings (SSSR count). The summed E-state index contributed by atoms with van der Waals surface area (Å²) < 4.78 is 10.8. The lowest BCUT2D eigenvalue weighted by Crippen LogP contribution is -2.45. The molecule has 7 heteroatoms. The van der Waals surface area contributed by atoms with Crippen LogP contribution in [0.25, 0.3) is 0 Å². The molecule has 7 nitrogen and oxygen atoms in total. The summed E-state index contributed by atoms with van der Waals surface area (Å²) in [6.07, 6.45) is 0. The minimum absolute atomic E-state index is 0.0790. The predicted molar refractivity (Wildman–Crippen MR) is 111 cm³/mol. The number of carbonyl (C=O) groups is 2. The number of hydrogen-bond donors (Lipinski definition) is 2. The van der Waals surface area contributed by atoms with Gasteiger partial charge in [0.15, 0.2) is 0 Å². The number of hydrogen-bond acceptors (Lipinski definition) is 5. The molecule has 1 saturated heterocycles. The number of morpholine rings is 1. The zero-order valence-electron chi connectivity index (χ0n) is 16.8. The molecule has 1 atom stereocenters. The summed E-state index contributed by atoms with van der Waals surface area (Å²) in [5.41, 5.74) is 2.63. The summed E-state index contributed by atoms with van der Waals surface area (Å²) in [7, 11) is 1.63. The van der Waals surface area contributed by atoms with Crippen molar-refractivity contribution in [2.75, 3.05) is 45.3 Å². The molecule has 1 aliphatic rings. The highest BCUT2D eigenvalue weighted by atomic mass is 16.5. The Hall–Kier alpha value is -2.90. The first-order valence-electron chi connectivity index (χ1n) is 9.68. The second-order valence-corrected chi connectivity index (χ2v) is 6.97. The van der Waals surface area contributed by atoms with Crippen LogP contribution in [-0.4, -0.2) is 56.7 Å². The van der Waals surface area contributed by atoms with E-state index in [1.807, 2.05) is 49.4 Å². The fourth-order valence-electron chi connectivity index (χ4n) is 3.38. The molecule has 29 heavy (non-hydrogen) atoms. The molecule has 1 aliphatic heterocycles. The molecule has 2 N–H and O–H groups in total. The largest absolute Gasteiger partial charge is 0.497 e. The first-order chi connectivity index (χ1) is 14.1. The van der Waals surface area contributed by atoms with Crippen molar-refractivity contribution in [3.05, 3.63) is 59.7 Å². The standard InChI is InChI=1S/C22H27N3O4/c1-16-5-3-7-18(13-16)24-22(27)21(26)23-15-20(25-9-11-29-12-10-25)17-6-4-8-19(14-17)28-2/h3-8,13-14,20H,9-12,15H2,1-2H3,(H,23,26)(H,24,27). The molecule has 2 aromatic carbocycles. The number of nitrogens with one attached hydrogen (secondary N) is 2. The average Bonchev–Trinajstić information content (AvgIpc) is 2.74. The Bertz CT molecular complexity index is 849. The number of aryl methyl sites for hydroxylation is 1. The van der Waals surface area contributed by atoms with Crippen molar-refractivity contribution >= 4 is 17.5 Å². The summed E-state index contributed by atoms with van der Waals surface area (Å²) in [6, 6.07) is 15.0. The Morgan fingerprint density at radius 2 is 1.86 bits per heavy atom. The maximum Gasteiger partial charge on any atom is 0.313 e. The maximum absolute atomic E-state index is 12.4. The number of methoxy groups -OCH3 is 1. The van der Waals surface area contributed by atoms with E-state index in [2.05, 4.69) is 15.5 Å². The van der Waals surface area contributed by atoms with Crippen LogP contribution in [0.2, 0.25) is 0 Å². The van der Waals surface area contributed by atoms with Gasteiger partial charge in [-0.25, -0.2) is 0 Å². The van der Waals surface area contributed by atoms with Crippen LogP contribution in [-0.2, 0) is 14.3 Å². The van der Waals surface area contributed by atoms with Gasteiger partial charge in [-0.1, -0.05) is 24.3 Å². The van der Waals surface area contributed by atoms with Crippen LogP contribution >= 0.6 is 0 Å². The van der Waals surface area contributed by atoms with Crippen molar-refractivity contribution in [3.8, 4) is 5.75 Å². The third-order valence-electron chi connectivity index (χ3n) is 4.90. The number of ether oxygens (including phenoxy) is 2. The molecular formula is C22H27N3O4. The van der Waals surface area contributed by atoms with Crippen LogP contribution < -0.4 is 15.4 Å². The molecule has 2 aromatic rings. The minimum Gasteiger partial charge on any atom is -0.497 e. The average molecular weight is 397 g/mol. The van der Waals surface area contributed by atoms with E-state index >= 15 is 0 Å². The zero-order valence-corrected chi connectivity index (χ0v) is 16.8. The molecule has 2 amide bonds. The number of amides is 2. The van der Waals surface area contributed by atoms with Crippen LogP contribution in [0, 0.1) is 6.92 Å². The summed E-state index contributed by atoms with van der Waals surface area (Å²) in [5.74, 6) is -0.584. The zero-order chi connectivity index (χ0) is 20.6. The Morgan fingerprint density at radius 3 is 2.59 bits per heavy atom. The van der Waals surface area contributed by atoms with Crippen molar-refractivity contribution in [3.63, 3.8) is 0 Å². The molecule has 0 aliphatic carbocycles. The summed E-state index contributed by atoms with van der Waals surface area (Å²) in [5, 5.41) is 5.42. The molecule has 1 unspecified atom stereocenters. The lowest BCUT2D eigenvalue weighted by Gasteiger charge is -2.35. The normalized spacial score (nSPS) is 15.4. The van der Waals surface area contributed by atoms with Crippen LogP contribution in [0.5, 0.6) is 5.75 Å². The highest BCUT2D eigenvalue weighted by Crippen LogP contribution is 2.24. The number of nitrogens with zero attached hydrogens (tertiary/aromatic N) is 1. The van der Waals surface area contributed by atoms with Crippen molar-refractivity contribution in [1.82, 2.24) is 10.2 Å². The smallest absolute Gasteiger partial charge is 0.313 e.